The van der Waals surface area contributed by atoms with E-state index in [0.717, 1.165) is 22.4 Å². The Morgan fingerprint density at radius 3 is 2.30 bits per heavy atom. The Balaban J connectivity index is 1.63. The van der Waals surface area contributed by atoms with Crippen LogP contribution in [0.4, 0.5) is 0 Å². The number of ether oxygens (including phenoxy) is 1. The summed E-state index contributed by atoms with van der Waals surface area (Å²) in [7, 11) is 1.65. The second-order valence-electron chi connectivity index (χ2n) is 4.96. The molecule has 0 atom stereocenters. The zero-order valence-corrected chi connectivity index (χ0v) is 12.6. The minimum absolute atomic E-state index is 0.252. The molecule has 1 aromatic heterocycles. The number of carbonyl (C=O) groups excluding carboxylic acids is 1. The normalized spacial score (nSPS) is 10.3. The molecule has 23 heavy (non-hydrogen) atoms. The first kappa shape index (κ1) is 14.8. The maximum absolute atomic E-state index is 11.8. The number of methoxy groups -OCH3 is 1. The van der Waals surface area contributed by atoms with E-state index < -0.39 is 0 Å². The topological polar surface area (TPSA) is 79.9 Å². The van der Waals surface area contributed by atoms with Gasteiger partial charge in [0.2, 0.25) is 0 Å². The highest BCUT2D eigenvalue weighted by Crippen LogP contribution is 2.22. The minimum Gasteiger partial charge on any atom is -0.497 e. The quantitative estimate of drug-likeness (QED) is 0.758. The summed E-state index contributed by atoms with van der Waals surface area (Å²) in [5, 5.41) is 12.6. The molecule has 0 saturated carbocycles. The fourth-order valence-corrected chi connectivity index (χ4v) is 2.18. The molecule has 0 fully saturated rings. The molecule has 0 aliphatic heterocycles. The van der Waals surface area contributed by atoms with Crippen LogP contribution < -0.4 is 10.1 Å². The number of nitrogens with one attached hydrogen (secondary N) is 2. The molecular formula is C17H16N4O2. The van der Waals surface area contributed by atoms with Crippen LogP contribution in [0.1, 0.15) is 16.1 Å². The summed E-state index contributed by atoms with van der Waals surface area (Å²) in [5.74, 6) is 0.582. The molecule has 1 heterocycles. The van der Waals surface area contributed by atoms with Crippen LogP contribution in [0.15, 0.2) is 54.7 Å². The summed E-state index contributed by atoms with van der Waals surface area (Å²) in [6, 6.07) is 15.9. The number of rotatable bonds is 5. The molecule has 3 aromatic rings. The van der Waals surface area contributed by atoms with Gasteiger partial charge in [-0.1, -0.05) is 36.4 Å². The van der Waals surface area contributed by atoms with E-state index in [9.17, 15) is 4.79 Å². The molecule has 6 heteroatoms. The number of amides is 1. The smallest absolute Gasteiger partial charge is 0.273 e. The van der Waals surface area contributed by atoms with Crippen molar-refractivity contribution in [2.75, 3.05) is 7.11 Å². The highest BCUT2D eigenvalue weighted by atomic mass is 16.5. The maximum Gasteiger partial charge on any atom is 0.273 e. The third-order valence-corrected chi connectivity index (χ3v) is 3.48. The summed E-state index contributed by atoms with van der Waals surface area (Å²) in [6.07, 6.45) is 1.39. The van der Waals surface area contributed by atoms with Gasteiger partial charge < -0.3 is 10.1 Å². The van der Waals surface area contributed by atoms with Gasteiger partial charge in [0.1, 0.15) is 5.75 Å². The summed E-state index contributed by atoms with van der Waals surface area (Å²) in [4.78, 5) is 11.8. The summed E-state index contributed by atoms with van der Waals surface area (Å²) >= 11 is 0. The molecule has 116 valence electrons. The van der Waals surface area contributed by atoms with Crippen LogP contribution in [0.2, 0.25) is 0 Å². The largest absolute Gasteiger partial charge is 0.497 e. The zero-order chi connectivity index (χ0) is 16.1. The Morgan fingerprint density at radius 2 is 1.74 bits per heavy atom. The van der Waals surface area contributed by atoms with E-state index in [1.165, 1.54) is 6.20 Å². The lowest BCUT2D eigenvalue weighted by atomic mass is 10.0. The van der Waals surface area contributed by atoms with Crippen LogP contribution in [0.5, 0.6) is 5.75 Å². The summed E-state index contributed by atoms with van der Waals surface area (Å²) in [6.45, 7) is 0.439. The van der Waals surface area contributed by atoms with E-state index in [4.69, 9.17) is 4.74 Å². The van der Waals surface area contributed by atoms with E-state index in [-0.39, 0.29) is 11.6 Å². The lowest BCUT2D eigenvalue weighted by Crippen LogP contribution is -2.23. The van der Waals surface area contributed by atoms with Gasteiger partial charge in [-0.05, 0) is 28.8 Å². The van der Waals surface area contributed by atoms with Crippen LogP contribution in [-0.2, 0) is 6.54 Å². The van der Waals surface area contributed by atoms with Crippen molar-refractivity contribution in [2.45, 2.75) is 6.54 Å². The van der Waals surface area contributed by atoms with E-state index in [2.05, 4.69) is 20.7 Å². The average Bonchev–Trinajstić information content (AvgIpc) is 3.15. The van der Waals surface area contributed by atoms with Gasteiger partial charge in [-0.25, -0.2) is 0 Å². The van der Waals surface area contributed by atoms with Gasteiger partial charge in [-0.2, -0.15) is 15.4 Å². The Bertz CT molecular complexity index is 765. The first-order valence-corrected chi connectivity index (χ1v) is 7.13. The van der Waals surface area contributed by atoms with Crippen LogP contribution in [-0.4, -0.2) is 28.4 Å². The zero-order valence-electron chi connectivity index (χ0n) is 12.6. The second-order valence-corrected chi connectivity index (χ2v) is 4.96. The van der Waals surface area contributed by atoms with Gasteiger partial charge >= 0.3 is 0 Å². The van der Waals surface area contributed by atoms with E-state index in [1.54, 1.807) is 7.11 Å². The number of aromatic nitrogens is 3. The van der Waals surface area contributed by atoms with Crippen molar-refractivity contribution in [1.82, 2.24) is 20.7 Å². The number of hydrogen-bond acceptors (Lipinski definition) is 4. The molecule has 6 nitrogen and oxygen atoms in total. The van der Waals surface area contributed by atoms with Gasteiger partial charge in [0.15, 0.2) is 5.69 Å². The number of H-pyrrole nitrogens is 1. The molecule has 0 saturated heterocycles. The Morgan fingerprint density at radius 1 is 1.09 bits per heavy atom. The predicted octanol–water partition coefficient (Wildman–Crippen LogP) is 2.41. The molecule has 0 unspecified atom stereocenters. The van der Waals surface area contributed by atoms with E-state index in [0.29, 0.717) is 6.54 Å². The van der Waals surface area contributed by atoms with Crippen molar-refractivity contribution in [3.05, 3.63) is 66.0 Å². The minimum atomic E-state index is -0.252. The third kappa shape index (κ3) is 3.55. The maximum atomic E-state index is 11.8. The standard InChI is InChI=1S/C17H16N4O2/c1-23-15-8-6-14(7-9-15)13-4-2-12(3-5-13)10-18-17(22)16-11-19-21-20-16/h2-9,11H,10H2,1H3,(H,18,22)(H,19,20,21). The molecule has 3 rings (SSSR count). The van der Waals surface area contributed by atoms with Crippen LogP contribution in [0.3, 0.4) is 0 Å². The van der Waals surface area contributed by atoms with Gasteiger partial charge in [0.05, 0.1) is 13.3 Å². The molecule has 0 spiro atoms. The van der Waals surface area contributed by atoms with Crippen molar-refractivity contribution in [2.24, 2.45) is 0 Å². The van der Waals surface area contributed by atoms with Gasteiger partial charge in [0, 0.05) is 6.54 Å². The number of hydrogen-bond donors (Lipinski definition) is 2. The second kappa shape index (κ2) is 6.74. The molecule has 0 radical (unpaired) electrons. The van der Waals surface area contributed by atoms with Gasteiger partial charge in [-0.15, -0.1) is 0 Å². The Hall–Kier alpha value is -3.15. The van der Waals surface area contributed by atoms with Gasteiger partial charge in [-0.3, -0.25) is 4.79 Å². The summed E-state index contributed by atoms with van der Waals surface area (Å²) in [5.41, 5.74) is 3.52. The van der Waals surface area contributed by atoms with Crippen molar-refractivity contribution < 1.29 is 9.53 Å². The van der Waals surface area contributed by atoms with Gasteiger partial charge in [0.25, 0.3) is 5.91 Å². The molecule has 0 bridgehead atoms. The summed E-state index contributed by atoms with van der Waals surface area (Å²) < 4.78 is 5.16. The lowest BCUT2D eigenvalue weighted by molar-refractivity contribution is 0.0946. The lowest BCUT2D eigenvalue weighted by Gasteiger charge is -2.06. The molecule has 2 aromatic carbocycles. The monoisotopic (exact) mass is 308 g/mol. The fraction of sp³-hybridized carbons (Fsp3) is 0.118. The fourth-order valence-electron chi connectivity index (χ4n) is 2.18. The average molecular weight is 308 g/mol. The number of carbonyl (C=O) groups is 1. The predicted molar refractivity (Wildman–Crippen MR) is 86.0 cm³/mol. The first-order valence-electron chi connectivity index (χ1n) is 7.13. The molecule has 0 aliphatic carbocycles. The van der Waals surface area contributed by atoms with Crippen molar-refractivity contribution in [3.63, 3.8) is 0 Å². The molecule has 2 N–H and O–H groups in total. The Labute approximate surface area is 133 Å². The number of nitrogens with zero attached hydrogens (tertiary/aromatic N) is 2. The van der Waals surface area contributed by atoms with Crippen molar-refractivity contribution in [1.29, 1.82) is 0 Å². The first-order chi connectivity index (χ1) is 11.3. The molecule has 1 amide bonds. The highest BCUT2D eigenvalue weighted by Gasteiger charge is 2.07. The molecule has 0 aliphatic rings. The molecular weight excluding hydrogens is 292 g/mol. The van der Waals surface area contributed by atoms with Crippen molar-refractivity contribution >= 4 is 5.91 Å². The van der Waals surface area contributed by atoms with E-state index in [1.807, 2.05) is 48.5 Å². The van der Waals surface area contributed by atoms with E-state index >= 15 is 0 Å². The van der Waals surface area contributed by atoms with Crippen LogP contribution >= 0.6 is 0 Å². The highest BCUT2D eigenvalue weighted by molar-refractivity contribution is 5.91. The van der Waals surface area contributed by atoms with Crippen LogP contribution in [0.25, 0.3) is 11.1 Å². The number of benzene rings is 2. The SMILES string of the molecule is COc1ccc(-c2ccc(CNC(=O)c3cn[nH]n3)cc2)cc1. The van der Waals surface area contributed by atoms with Crippen LogP contribution in [0, 0.1) is 0 Å². The van der Waals surface area contributed by atoms with Crippen molar-refractivity contribution in [3.8, 4) is 16.9 Å². The number of aromatic amines is 1. The third-order valence-electron chi connectivity index (χ3n) is 3.48. The Kier molecular flexibility index (Phi) is 4.33.